The summed E-state index contributed by atoms with van der Waals surface area (Å²) in [6.07, 6.45) is 2.30. The number of nitrogens with two attached hydrogens (primary N) is 1. The van der Waals surface area contributed by atoms with E-state index in [1.807, 2.05) is 0 Å². The fourth-order valence-corrected chi connectivity index (χ4v) is 1.83. The number of sulfonamides is 1. The normalized spacial score (nSPS) is 20.8. The topological polar surface area (TPSA) is 72.2 Å². The number of rotatable bonds is 5. The van der Waals surface area contributed by atoms with Crippen molar-refractivity contribution in [1.29, 1.82) is 0 Å². The maximum atomic E-state index is 11.3. The fourth-order valence-electron chi connectivity index (χ4n) is 0.825. The van der Waals surface area contributed by atoms with E-state index in [1.54, 1.807) is 6.92 Å². The van der Waals surface area contributed by atoms with Crippen molar-refractivity contribution < 1.29 is 8.42 Å². The lowest BCUT2D eigenvalue weighted by atomic mass is 10.4. The van der Waals surface area contributed by atoms with Gasteiger partial charge < -0.3 is 5.73 Å². The van der Waals surface area contributed by atoms with Crippen molar-refractivity contribution in [2.75, 3.05) is 13.1 Å². The largest absolute Gasteiger partial charge is 0.329 e. The molecule has 1 atom stereocenters. The molecule has 12 heavy (non-hydrogen) atoms. The Morgan fingerprint density at radius 3 is 2.58 bits per heavy atom. The van der Waals surface area contributed by atoms with E-state index >= 15 is 0 Å². The lowest BCUT2D eigenvalue weighted by molar-refractivity contribution is 0.565. The molecule has 1 aliphatic rings. The molecule has 1 unspecified atom stereocenters. The first-order valence-corrected chi connectivity index (χ1v) is 5.79. The van der Waals surface area contributed by atoms with Gasteiger partial charge in [0.2, 0.25) is 10.0 Å². The van der Waals surface area contributed by atoms with Gasteiger partial charge in [-0.2, -0.15) is 0 Å². The highest BCUT2D eigenvalue weighted by Crippen LogP contribution is 2.27. The standard InChI is InChI=1S/C7H16N2O2S/c1-6(4-8)12(10,11)9-5-7-2-3-7/h6-7,9H,2-5,8H2,1H3. The summed E-state index contributed by atoms with van der Waals surface area (Å²) in [5, 5.41) is -0.476. The third-order valence-electron chi connectivity index (χ3n) is 2.13. The first kappa shape index (κ1) is 9.95. The quantitative estimate of drug-likeness (QED) is 0.626. The molecule has 5 heteroatoms. The minimum absolute atomic E-state index is 0.181. The number of hydrogen-bond acceptors (Lipinski definition) is 3. The van der Waals surface area contributed by atoms with Crippen LogP contribution in [0.2, 0.25) is 0 Å². The van der Waals surface area contributed by atoms with E-state index in [2.05, 4.69) is 4.72 Å². The summed E-state index contributed by atoms with van der Waals surface area (Å²) in [5.74, 6) is 0.574. The summed E-state index contributed by atoms with van der Waals surface area (Å²) >= 11 is 0. The number of hydrogen-bond donors (Lipinski definition) is 2. The molecule has 0 radical (unpaired) electrons. The van der Waals surface area contributed by atoms with Gasteiger partial charge in [0, 0.05) is 13.1 Å². The average Bonchev–Trinajstić information content (AvgIpc) is 2.82. The van der Waals surface area contributed by atoms with Gasteiger partial charge in [0.25, 0.3) is 0 Å². The Hall–Kier alpha value is -0.130. The van der Waals surface area contributed by atoms with Gasteiger partial charge in [-0.25, -0.2) is 13.1 Å². The third-order valence-corrected chi connectivity index (χ3v) is 3.95. The van der Waals surface area contributed by atoms with Crippen LogP contribution in [0.3, 0.4) is 0 Å². The maximum Gasteiger partial charge on any atom is 0.215 e. The van der Waals surface area contributed by atoms with Crippen LogP contribution in [0, 0.1) is 5.92 Å². The first-order valence-electron chi connectivity index (χ1n) is 4.25. The molecule has 3 N–H and O–H groups in total. The zero-order chi connectivity index (χ0) is 9.19. The predicted octanol–water partition coefficient (Wildman–Crippen LogP) is -0.337. The second kappa shape index (κ2) is 3.72. The molecule has 0 amide bonds. The molecule has 0 bridgehead atoms. The Bertz CT molecular complexity index is 234. The molecule has 0 spiro atoms. The van der Waals surface area contributed by atoms with Gasteiger partial charge in [0.05, 0.1) is 5.25 Å². The molecule has 1 fully saturated rings. The van der Waals surface area contributed by atoms with Crippen LogP contribution in [-0.4, -0.2) is 26.8 Å². The highest BCUT2D eigenvalue weighted by molar-refractivity contribution is 7.90. The van der Waals surface area contributed by atoms with E-state index in [-0.39, 0.29) is 6.54 Å². The maximum absolute atomic E-state index is 11.3. The summed E-state index contributed by atoms with van der Waals surface area (Å²) in [4.78, 5) is 0. The fraction of sp³-hybridized carbons (Fsp3) is 1.00. The summed E-state index contributed by atoms with van der Waals surface area (Å²) in [5.41, 5.74) is 5.26. The molecule has 4 nitrogen and oxygen atoms in total. The zero-order valence-corrected chi connectivity index (χ0v) is 8.10. The van der Waals surface area contributed by atoms with Gasteiger partial charge in [-0.1, -0.05) is 0 Å². The van der Waals surface area contributed by atoms with E-state index in [0.717, 1.165) is 12.8 Å². The molecule has 1 rings (SSSR count). The van der Waals surface area contributed by atoms with Gasteiger partial charge >= 0.3 is 0 Å². The van der Waals surface area contributed by atoms with Crippen molar-refractivity contribution in [1.82, 2.24) is 4.72 Å². The molecule has 0 aromatic rings. The molecular weight excluding hydrogens is 176 g/mol. The van der Waals surface area contributed by atoms with Crippen molar-refractivity contribution >= 4 is 10.0 Å². The molecule has 0 heterocycles. The predicted molar refractivity (Wildman–Crippen MR) is 48.2 cm³/mol. The summed E-state index contributed by atoms with van der Waals surface area (Å²) in [7, 11) is -3.14. The third kappa shape index (κ3) is 2.73. The van der Waals surface area contributed by atoms with Crippen LogP contribution in [0.25, 0.3) is 0 Å². The van der Waals surface area contributed by atoms with Gasteiger partial charge in [-0.3, -0.25) is 0 Å². The van der Waals surface area contributed by atoms with E-state index in [9.17, 15) is 8.42 Å². The summed E-state index contributed by atoms with van der Waals surface area (Å²) < 4.78 is 25.2. The lowest BCUT2D eigenvalue weighted by Crippen LogP contribution is -2.37. The van der Waals surface area contributed by atoms with Crippen LogP contribution in [0.1, 0.15) is 19.8 Å². The smallest absolute Gasteiger partial charge is 0.215 e. The van der Waals surface area contributed by atoms with Crippen molar-refractivity contribution in [3.8, 4) is 0 Å². The Balaban J connectivity index is 2.35. The molecule has 0 aromatic carbocycles. The zero-order valence-electron chi connectivity index (χ0n) is 7.29. The second-order valence-corrected chi connectivity index (χ2v) is 5.57. The van der Waals surface area contributed by atoms with E-state index < -0.39 is 15.3 Å². The summed E-state index contributed by atoms with van der Waals surface area (Å²) in [6, 6.07) is 0. The van der Waals surface area contributed by atoms with E-state index in [4.69, 9.17) is 5.73 Å². The molecule has 1 aliphatic carbocycles. The summed E-state index contributed by atoms with van der Waals surface area (Å²) in [6.45, 7) is 2.39. The highest BCUT2D eigenvalue weighted by Gasteiger charge is 2.25. The van der Waals surface area contributed by atoms with Crippen molar-refractivity contribution in [3.05, 3.63) is 0 Å². The van der Waals surface area contributed by atoms with Crippen LogP contribution in [0.5, 0.6) is 0 Å². The van der Waals surface area contributed by atoms with E-state index in [1.165, 1.54) is 0 Å². The first-order chi connectivity index (χ1) is 5.56. The Kier molecular flexibility index (Phi) is 3.09. The van der Waals surface area contributed by atoms with E-state index in [0.29, 0.717) is 12.5 Å². The number of nitrogens with one attached hydrogen (secondary N) is 1. The molecule has 1 saturated carbocycles. The second-order valence-electron chi connectivity index (χ2n) is 3.38. The van der Waals surface area contributed by atoms with Gasteiger partial charge in [-0.05, 0) is 25.7 Å². The highest BCUT2D eigenvalue weighted by atomic mass is 32.2. The van der Waals surface area contributed by atoms with Crippen molar-refractivity contribution in [3.63, 3.8) is 0 Å². The molecule has 72 valence electrons. The van der Waals surface area contributed by atoms with Crippen LogP contribution < -0.4 is 10.5 Å². The van der Waals surface area contributed by atoms with Crippen molar-refractivity contribution in [2.24, 2.45) is 11.7 Å². The van der Waals surface area contributed by atoms with Crippen molar-refractivity contribution in [2.45, 2.75) is 25.0 Å². The molecule has 0 saturated heterocycles. The van der Waals surface area contributed by atoms with Gasteiger partial charge in [-0.15, -0.1) is 0 Å². The molecule has 0 aromatic heterocycles. The monoisotopic (exact) mass is 192 g/mol. The molecular formula is C7H16N2O2S. The van der Waals surface area contributed by atoms with Crippen LogP contribution in [0.4, 0.5) is 0 Å². The SMILES string of the molecule is CC(CN)S(=O)(=O)NCC1CC1. The molecule has 0 aliphatic heterocycles. The van der Waals surface area contributed by atoms with Gasteiger partial charge in [0.15, 0.2) is 0 Å². The Morgan fingerprint density at radius 2 is 2.17 bits per heavy atom. The van der Waals surface area contributed by atoms with Gasteiger partial charge in [0.1, 0.15) is 0 Å². The van der Waals surface area contributed by atoms with Crippen LogP contribution >= 0.6 is 0 Å². The Labute approximate surface area is 73.6 Å². The average molecular weight is 192 g/mol. The lowest BCUT2D eigenvalue weighted by Gasteiger charge is -2.10. The minimum atomic E-state index is -3.14. The Morgan fingerprint density at radius 1 is 1.58 bits per heavy atom. The van der Waals surface area contributed by atoms with Crippen LogP contribution in [0.15, 0.2) is 0 Å². The van der Waals surface area contributed by atoms with Crippen LogP contribution in [-0.2, 0) is 10.0 Å². The minimum Gasteiger partial charge on any atom is -0.329 e.